The van der Waals surface area contributed by atoms with Gasteiger partial charge in [0.1, 0.15) is 18.1 Å². The van der Waals surface area contributed by atoms with Gasteiger partial charge in [-0.2, -0.15) is 12.6 Å². The summed E-state index contributed by atoms with van der Waals surface area (Å²) in [6, 6.07) is -4.33. The minimum Gasteiger partial charge on any atom is -0.480 e. The van der Waals surface area contributed by atoms with Crippen LogP contribution in [0, 0.1) is 0 Å². The molecule has 0 saturated carbocycles. The van der Waals surface area contributed by atoms with Crippen molar-refractivity contribution in [2.75, 3.05) is 18.8 Å². The van der Waals surface area contributed by atoms with E-state index < -0.39 is 53.8 Å². The summed E-state index contributed by atoms with van der Waals surface area (Å²) in [5.41, 5.74) is 21.9. The monoisotopic (exact) mass is 505 g/mol. The van der Waals surface area contributed by atoms with Crippen molar-refractivity contribution >= 4 is 42.2 Å². The topological polar surface area (TPSA) is 246 Å². The quantitative estimate of drug-likeness (QED) is 0.0653. The van der Waals surface area contributed by atoms with Crippen molar-refractivity contribution < 1.29 is 29.1 Å². The number of thiol groups is 1. The van der Waals surface area contributed by atoms with Gasteiger partial charge in [0.15, 0.2) is 0 Å². The van der Waals surface area contributed by atoms with Crippen molar-refractivity contribution in [2.45, 2.75) is 75.5 Å². The van der Waals surface area contributed by atoms with E-state index in [9.17, 15) is 29.1 Å². The number of carbonyl (C=O) groups excluding carboxylic acids is 4. The summed E-state index contributed by atoms with van der Waals surface area (Å²) >= 11 is 3.92. The highest BCUT2D eigenvalue weighted by molar-refractivity contribution is 7.80. The van der Waals surface area contributed by atoms with Crippen LogP contribution in [0.1, 0.15) is 51.4 Å². The van der Waals surface area contributed by atoms with Crippen molar-refractivity contribution in [1.82, 2.24) is 16.0 Å². The average molecular weight is 506 g/mol. The number of nitrogens with two attached hydrogens (primary N) is 4. The smallest absolute Gasteiger partial charge is 0.327 e. The summed E-state index contributed by atoms with van der Waals surface area (Å²) in [5, 5.41) is 16.7. The van der Waals surface area contributed by atoms with Crippen LogP contribution in [-0.2, 0) is 24.0 Å². The van der Waals surface area contributed by atoms with Gasteiger partial charge >= 0.3 is 5.97 Å². The van der Waals surface area contributed by atoms with Gasteiger partial charge in [-0.15, -0.1) is 0 Å². The van der Waals surface area contributed by atoms with Crippen LogP contribution < -0.4 is 38.9 Å². The lowest BCUT2D eigenvalue weighted by atomic mass is 10.0. The highest BCUT2D eigenvalue weighted by atomic mass is 32.1. The second-order valence-corrected chi connectivity index (χ2v) is 8.25. The van der Waals surface area contributed by atoms with E-state index in [2.05, 4.69) is 28.6 Å². The van der Waals surface area contributed by atoms with E-state index in [1.165, 1.54) is 0 Å². The number of hydrogen-bond donors (Lipinski definition) is 9. The van der Waals surface area contributed by atoms with Gasteiger partial charge in [-0.05, 0) is 58.0 Å². The summed E-state index contributed by atoms with van der Waals surface area (Å²) in [7, 11) is 0. The Morgan fingerprint density at radius 1 is 0.735 bits per heavy atom. The van der Waals surface area contributed by atoms with Crippen molar-refractivity contribution in [3.63, 3.8) is 0 Å². The van der Waals surface area contributed by atoms with Crippen LogP contribution in [0.4, 0.5) is 0 Å². The molecule has 0 aromatic rings. The van der Waals surface area contributed by atoms with E-state index in [0.29, 0.717) is 38.8 Å². The standard InChI is InChI=1S/C20H39N7O6S/c21-9-3-1-5-13(25-17(29)12(23)7-8-16(24)28)18(30)26-14(6-2-4-10-22)19(31)27-15(11-34)20(32)33/h12-15,34H,1-11,21-23H2,(H2,24,28)(H,25,29)(H,26,30)(H,27,31)(H,32,33). The first kappa shape index (κ1) is 31.6. The number of rotatable bonds is 19. The second kappa shape index (κ2) is 18.0. The van der Waals surface area contributed by atoms with Crippen LogP contribution in [0.5, 0.6) is 0 Å². The third-order valence-corrected chi connectivity index (χ3v) is 5.36. The first-order valence-corrected chi connectivity index (χ1v) is 11.9. The molecule has 0 aliphatic carbocycles. The maximum absolute atomic E-state index is 13.0. The Hall–Kier alpha value is -2.42. The van der Waals surface area contributed by atoms with Crippen molar-refractivity contribution in [2.24, 2.45) is 22.9 Å². The number of aliphatic carboxylic acids is 1. The van der Waals surface area contributed by atoms with Gasteiger partial charge in [0.25, 0.3) is 0 Å². The van der Waals surface area contributed by atoms with E-state index in [0.717, 1.165) is 0 Å². The summed E-state index contributed by atoms with van der Waals surface area (Å²) in [4.78, 5) is 60.3. The van der Waals surface area contributed by atoms with E-state index >= 15 is 0 Å². The molecule has 4 unspecified atom stereocenters. The lowest BCUT2D eigenvalue weighted by Crippen LogP contribution is -2.57. The number of primary amides is 1. The Morgan fingerprint density at radius 2 is 1.18 bits per heavy atom. The molecule has 196 valence electrons. The molecule has 4 amide bonds. The lowest BCUT2D eigenvalue weighted by molar-refractivity contribution is -0.141. The molecule has 0 fully saturated rings. The summed E-state index contributed by atoms with van der Waals surface area (Å²) in [5.74, 6) is -3.94. The van der Waals surface area contributed by atoms with Crippen molar-refractivity contribution in [1.29, 1.82) is 0 Å². The van der Waals surface area contributed by atoms with E-state index in [1.807, 2.05) is 0 Å². The van der Waals surface area contributed by atoms with Crippen LogP contribution >= 0.6 is 12.6 Å². The van der Waals surface area contributed by atoms with Crippen LogP contribution in [0.25, 0.3) is 0 Å². The van der Waals surface area contributed by atoms with Gasteiger partial charge in [-0.3, -0.25) is 19.2 Å². The number of carboxylic acids is 1. The Kier molecular flexibility index (Phi) is 16.7. The molecule has 12 N–H and O–H groups in total. The Balaban J connectivity index is 5.40. The number of nitrogens with one attached hydrogen (secondary N) is 3. The molecule has 0 radical (unpaired) electrons. The third-order valence-electron chi connectivity index (χ3n) is 5.00. The fourth-order valence-electron chi connectivity index (χ4n) is 2.96. The molecule has 0 saturated heterocycles. The summed E-state index contributed by atoms with van der Waals surface area (Å²) in [6.45, 7) is 0.780. The number of hydrogen-bond acceptors (Lipinski definition) is 9. The average Bonchev–Trinajstić information content (AvgIpc) is 2.79. The molecule has 0 rings (SSSR count). The van der Waals surface area contributed by atoms with E-state index in [4.69, 9.17) is 22.9 Å². The van der Waals surface area contributed by atoms with Gasteiger partial charge in [0.2, 0.25) is 23.6 Å². The molecule has 13 nitrogen and oxygen atoms in total. The van der Waals surface area contributed by atoms with Crippen molar-refractivity contribution in [3.8, 4) is 0 Å². The third kappa shape index (κ3) is 13.3. The zero-order chi connectivity index (χ0) is 26.1. The highest BCUT2D eigenvalue weighted by Gasteiger charge is 2.29. The maximum atomic E-state index is 13.0. The highest BCUT2D eigenvalue weighted by Crippen LogP contribution is 2.07. The summed E-state index contributed by atoms with van der Waals surface area (Å²) in [6.07, 6.45) is 2.63. The SMILES string of the molecule is NCCCCC(NC(=O)C(N)CCC(N)=O)C(=O)NC(CCCCN)C(=O)NC(CS)C(=O)O. The fraction of sp³-hybridized carbons (Fsp3) is 0.750. The lowest BCUT2D eigenvalue weighted by Gasteiger charge is -2.25. The Morgan fingerprint density at radius 3 is 1.56 bits per heavy atom. The van der Waals surface area contributed by atoms with Crippen LogP contribution in [0.15, 0.2) is 0 Å². The molecule has 0 aliphatic rings. The Labute approximate surface area is 204 Å². The fourth-order valence-corrected chi connectivity index (χ4v) is 3.21. The Bertz CT molecular complexity index is 682. The van der Waals surface area contributed by atoms with Crippen LogP contribution in [0.2, 0.25) is 0 Å². The zero-order valence-electron chi connectivity index (χ0n) is 19.3. The largest absolute Gasteiger partial charge is 0.480 e. The zero-order valence-corrected chi connectivity index (χ0v) is 20.2. The molecule has 0 bridgehead atoms. The van der Waals surface area contributed by atoms with Gasteiger partial charge in [-0.1, -0.05) is 0 Å². The molecule has 0 aromatic carbocycles. The second-order valence-electron chi connectivity index (χ2n) is 7.88. The molecular weight excluding hydrogens is 466 g/mol. The van der Waals surface area contributed by atoms with Gasteiger partial charge in [0.05, 0.1) is 6.04 Å². The van der Waals surface area contributed by atoms with Gasteiger partial charge in [0, 0.05) is 12.2 Å². The number of carboxylic acid groups (broad SMARTS) is 1. The van der Waals surface area contributed by atoms with Gasteiger partial charge in [-0.25, -0.2) is 4.79 Å². The molecule has 34 heavy (non-hydrogen) atoms. The maximum Gasteiger partial charge on any atom is 0.327 e. The molecule has 0 heterocycles. The normalized spacial score (nSPS) is 14.4. The molecule has 0 aromatic heterocycles. The van der Waals surface area contributed by atoms with E-state index in [-0.39, 0.29) is 31.4 Å². The number of unbranched alkanes of at least 4 members (excludes halogenated alkanes) is 2. The minimum absolute atomic E-state index is 0.0166. The van der Waals surface area contributed by atoms with Crippen molar-refractivity contribution in [3.05, 3.63) is 0 Å². The predicted molar refractivity (Wildman–Crippen MR) is 129 cm³/mol. The van der Waals surface area contributed by atoms with Gasteiger partial charge < -0.3 is 44.0 Å². The van der Waals surface area contributed by atoms with E-state index in [1.54, 1.807) is 0 Å². The predicted octanol–water partition coefficient (Wildman–Crippen LogP) is -2.69. The molecule has 14 heteroatoms. The molecule has 0 aliphatic heterocycles. The minimum atomic E-state index is -1.26. The first-order chi connectivity index (χ1) is 16.1. The van der Waals surface area contributed by atoms with Crippen LogP contribution in [-0.4, -0.2) is 77.7 Å². The molecule has 0 spiro atoms. The number of amides is 4. The van der Waals surface area contributed by atoms with Crippen LogP contribution in [0.3, 0.4) is 0 Å². The number of carbonyl (C=O) groups is 5. The summed E-state index contributed by atoms with van der Waals surface area (Å²) < 4.78 is 0. The molecular formula is C20H39N7O6S. The first-order valence-electron chi connectivity index (χ1n) is 11.3. The molecule has 4 atom stereocenters.